The number of hydrogen-bond acceptors (Lipinski definition) is 3. The molecule has 0 spiro atoms. The first-order chi connectivity index (χ1) is 15.0. The van der Waals surface area contributed by atoms with Gasteiger partial charge in [0, 0.05) is 16.0 Å². The summed E-state index contributed by atoms with van der Waals surface area (Å²) in [6.07, 6.45) is 1.67. The van der Waals surface area contributed by atoms with E-state index in [1.54, 1.807) is 36.4 Å². The van der Waals surface area contributed by atoms with Gasteiger partial charge in [-0.3, -0.25) is 14.5 Å². The van der Waals surface area contributed by atoms with Gasteiger partial charge in [-0.1, -0.05) is 70.0 Å². The minimum Gasteiger partial charge on any atom is -0.449 e. The molecule has 156 valence electrons. The lowest BCUT2D eigenvalue weighted by Gasteiger charge is -2.30. The van der Waals surface area contributed by atoms with Crippen LogP contribution in [0.2, 0.25) is 5.02 Å². The zero-order chi connectivity index (χ0) is 21.8. The second kappa shape index (κ2) is 9.37. The Morgan fingerprint density at radius 1 is 1.03 bits per heavy atom. The summed E-state index contributed by atoms with van der Waals surface area (Å²) in [6.45, 7) is 0.218. The summed E-state index contributed by atoms with van der Waals surface area (Å²) in [5.74, 6) is 0.0124. The van der Waals surface area contributed by atoms with E-state index >= 15 is 0 Å². The highest BCUT2D eigenvalue weighted by Crippen LogP contribution is 2.35. The van der Waals surface area contributed by atoms with Gasteiger partial charge in [0.25, 0.3) is 5.91 Å². The summed E-state index contributed by atoms with van der Waals surface area (Å²) < 4.78 is 6.70. The van der Waals surface area contributed by atoms with Gasteiger partial charge in [0.05, 0.1) is 5.69 Å². The number of fused-ring (bicyclic) bond motifs is 1. The summed E-state index contributed by atoms with van der Waals surface area (Å²) in [6, 6.07) is 21.9. The van der Waals surface area contributed by atoms with Crippen molar-refractivity contribution in [2.45, 2.75) is 6.54 Å². The second-order valence-corrected chi connectivity index (χ2v) is 8.19. The number of carbonyl (C=O) groups excluding carboxylic acids is 2. The molecule has 0 aliphatic carbocycles. The first-order valence-electron chi connectivity index (χ1n) is 9.57. The molecule has 1 N–H and O–H groups in total. The molecule has 0 unspecified atom stereocenters. The maximum absolute atomic E-state index is 13.2. The number of carbonyl (C=O) groups is 2. The SMILES string of the molecule is O=C(CN1C(=O)/C(=C\c2ccccc2Br)Oc2ccccc21)NCc1ccc(Cl)cc1. The molecule has 31 heavy (non-hydrogen) atoms. The Morgan fingerprint density at radius 3 is 2.52 bits per heavy atom. The number of para-hydroxylation sites is 2. The standard InChI is InChI=1S/C24H18BrClN2O3/c25-19-6-2-1-5-17(19)13-22-24(30)28(20-7-3-4-8-21(20)31-22)15-23(29)27-14-16-9-11-18(26)12-10-16/h1-13H,14-15H2,(H,27,29)/b22-13+. The zero-order valence-electron chi connectivity index (χ0n) is 16.3. The first-order valence-corrected chi connectivity index (χ1v) is 10.7. The first kappa shape index (κ1) is 21.2. The molecule has 0 saturated carbocycles. The third-order valence-electron chi connectivity index (χ3n) is 4.73. The lowest BCUT2D eigenvalue weighted by molar-refractivity contribution is -0.123. The Morgan fingerprint density at radius 2 is 1.74 bits per heavy atom. The van der Waals surface area contributed by atoms with Gasteiger partial charge in [-0.05, 0) is 47.5 Å². The number of ether oxygens (including phenoxy) is 1. The van der Waals surface area contributed by atoms with Crippen LogP contribution in [-0.4, -0.2) is 18.4 Å². The van der Waals surface area contributed by atoms with Gasteiger partial charge in [0.2, 0.25) is 5.91 Å². The number of rotatable bonds is 5. The normalized spacial score (nSPS) is 14.2. The third kappa shape index (κ3) is 4.98. The predicted octanol–water partition coefficient (Wildman–Crippen LogP) is 5.19. The van der Waals surface area contributed by atoms with Crippen molar-refractivity contribution in [3.8, 4) is 5.75 Å². The molecular weight excluding hydrogens is 480 g/mol. The van der Waals surface area contributed by atoms with Crippen molar-refractivity contribution in [2.24, 2.45) is 0 Å². The molecule has 7 heteroatoms. The molecule has 1 heterocycles. The predicted molar refractivity (Wildman–Crippen MR) is 125 cm³/mol. The van der Waals surface area contributed by atoms with Crippen LogP contribution in [0, 0.1) is 0 Å². The van der Waals surface area contributed by atoms with Crippen LogP contribution in [0.3, 0.4) is 0 Å². The molecule has 0 atom stereocenters. The van der Waals surface area contributed by atoms with Crippen molar-refractivity contribution in [3.05, 3.63) is 99.2 Å². The van der Waals surface area contributed by atoms with Crippen molar-refractivity contribution in [1.29, 1.82) is 0 Å². The number of nitrogens with one attached hydrogen (secondary N) is 1. The van der Waals surface area contributed by atoms with Crippen LogP contribution in [-0.2, 0) is 16.1 Å². The third-order valence-corrected chi connectivity index (χ3v) is 5.70. The zero-order valence-corrected chi connectivity index (χ0v) is 18.7. The highest BCUT2D eigenvalue weighted by atomic mass is 79.9. The summed E-state index contributed by atoms with van der Waals surface area (Å²) >= 11 is 9.38. The molecule has 0 aromatic heterocycles. The molecule has 0 bridgehead atoms. The molecule has 0 radical (unpaired) electrons. The number of amides is 2. The number of benzene rings is 3. The Labute approximate surface area is 193 Å². The quantitative estimate of drug-likeness (QED) is 0.494. The minimum atomic E-state index is -0.379. The van der Waals surface area contributed by atoms with E-state index in [4.69, 9.17) is 16.3 Å². The fourth-order valence-corrected chi connectivity index (χ4v) is 3.68. The van der Waals surface area contributed by atoms with E-state index in [1.165, 1.54) is 4.90 Å². The van der Waals surface area contributed by atoms with Crippen LogP contribution in [0.15, 0.2) is 83.0 Å². The Hall–Kier alpha value is -3.09. The maximum Gasteiger partial charge on any atom is 0.294 e. The Bertz CT molecular complexity index is 1160. The summed E-state index contributed by atoms with van der Waals surface area (Å²) in [7, 11) is 0. The lowest BCUT2D eigenvalue weighted by atomic mass is 10.1. The van der Waals surface area contributed by atoms with E-state index < -0.39 is 0 Å². The van der Waals surface area contributed by atoms with Crippen LogP contribution < -0.4 is 15.0 Å². The smallest absolute Gasteiger partial charge is 0.294 e. The van der Waals surface area contributed by atoms with E-state index in [-0.39, 0.29) is 24.1 Å². The molecule has 0 fully saturated rings. The molecule has 4 rings (SSSR count). The molecule has 2 amide bonds. The molecule has 1 aliphatic rings. The molecule has 0 saturated heterocycles. The number of halogens is 2. The van der Waals surface area contributed by atoms with E-state index in [1.807, 2.05) is 42.5 Å². The second-order valence-electron chi connectivity index (χ2n) is 6.89. The number of nitrogens with zero attached hydrogens (tertiary/aromatic N) is 1. The van der Waals surface area contributed by atoms with Gasteiger partial charge in [-0.15, -0.1) is 0 Å². The number of anilines is 1. The van der Waals surface area contributed by atoms with Crippen LogP contribution in [0.1, 0.15) is 11.1 Å². The number of hydrogen-bond donors (Lipinski definition) is 1. The summed E-state index contributed by atoms with van der Waals surface area (Å²) in [4.78, 5) is 27.2. The topological polar surface area (TPSA) is 58.6 Å². The van der Waals surface area contributed by atoms with Gasteiger partial charge in [-0.2, -0.15) is 0 Å². The van der Waals surface area contributed by atoms with Crippen LogP contribution in [0.25, 0.3) is 6.08 Å². The van der Waals surface area contributed by atoms with E-state index in [9.17, 15) is 9.59 Å². The monoisotopic (exact) mass is 496 g/mol. The van der Waals surface area contributed by atoms with Crippen molar-refractivity contribution < 1.29 is 14.3 Å². The van der Waals surface area contributed by atoms with E-state index in [0.717, 1.165) is 15.6 Å². The molecular formula is C24H18BrClN2O3. The van der Waals surface area contributed by atoms with Gasteiger partial charge in [0.1, 0.15) is 6.54 Å². The average Bonchev–Trinajstić information content (AvgIpc) is 2.77. The van der Waals surface area contributed by atoms with Gasteiger partial charge < -0.3 is 10.1 Å². The van der Waals surface area contributed by atoms with Crippen molar-refractivity contribution in [1.82, 2.24) is 5.32 Å². The fraction of sp³-hybridized carbons (Fsp3) is 0.0833. The van der Waals surface area contributed by atoms with Gasteiger partial charge >= 0.3 is 0 Å². The fourth-order valence-electron chi connectivity index (χ4n) is 3.15. The van der Waals surface area contributed by atoms with Crippen LogP contribution >= 0.6 is 27.5 Å². The van der Waals surface area contributed by atoms with Gasteiger partial charge in [-0.25, -0.2) is 0 Å². The minimum absolute atomic E-state index is 0.125. The largest absolute Gasteiger partial charge is 0.449 e. The highest BCUT2D eigenvalue weighted by molar-refractivity contribution is 9.10. The van der Waals surface area contributed by atoms with E-state index in [2.05, 4.69) is 21.2 Å². The van der Waals surface area contributed by atoms with Crippen LogP contribution in [0.5, 0.6) is 5.75 Å². The van der Waals surface area contributed by atoms with Crippen LogP contribution in [0.4, 0.5) is 5.69 Å². The van der Waals surface area contributed by atoms with E-state index in [0.29, 0.717) is 23.0 Å². The van der Waals surface area contributed by atoms with Crippen molar-refractivity contribution in [2.75, 3.05) is 11.4 Å². The van der Waals surface area contributed by atoms with Crippen molar-refractivity contribution >= 4 is 51.1 Å². The summed E-state index contributed by atoms with van der Waals surface area (Å²) in [5, 5.41) is 3.48. The average molecular weight is 498 g/mol. The maximum atomic E-state index is 13.2. The van der Waals surface area contributed by atoms with Crippen molar-refractivity contribution in [3.63, 3.8) is 0 Å². The highest BCUT2D eigenvalue weighted by Gasteiger charge is 2.31. The molecule has 3 aromatic carbocycles. The Kier molecular flexibility index (Phi) is 6.39. The van der Waals surface area contributed by atoms with Gasteiger partial charge in [0.15, 0.2) is 11.5 Å². The summed E-state index contributed by atoms with van der Waals surface area (Å²) in [5.41, 5.74) is 2.27. The molecule has 3 aromatic rings. The lowest BCUT2D eigenvalue weighted by Crippen LogP contribution is -2.44. The molecule has 1 aliphatic heterocycles. The molecule has 5 nitrogen and oxygen atoms in total. The Balaban J connectivity index is 1.55.